The molecule has 2 N–H and O–H groups in total. The van der Waals surface area contributed by atoms with Crippen LogP contribution in [0.5, 0.6) is 0 Å². The zero-order valence-corrected chi connectivity index (χ0v) is 13.2. The van der Waals surface area contributed by atoms with Crippen molar-refractivity contribution in [3.63, 3.8) is 0 Å². The molecule has 0 spiro atoms. The van der Waals surface area contributed by atoms with E-state index in [0.29, 0.717) is 19.3 Å². The SMILES string of the molecule is CO[C@H]1C[C@@H](C(=O)NC2(CO)Cc3ccccc3C2)N(C)C1. The first kappa shape index (κ1) is 15.5. The molecule has 2 aliphatic rings. The molecule has 3 rings (SSSR count). The maximum atomic E-state index is 12.7. The van der Waals surface area contributed by atoms with Gasteiger partial charge in [-0.15, -0.1) is 0 Å². The Bertz CT molecular complexity index is 536. The van der Waals surface area contributed by atoms with Gasteiger partial charge in [0.2, 0.25) is 5.91 Å². The van der Waals surface area contributed by atoms with Crippen LogP contribution in [-0.4, -0.2) is 60.9 Å². The number of nitrogens with one attached hydrogen (secondary N) is 1. The van der Waals surface area contributed by atoms with Crippen LogP contribution in [0.1, 0.15) is 17.5 Å². The zero-order valence-electron chi connectivity index (χ0n) is 13.2. The highest BCUT2D eigenvalue weighted by Gasteiger charge is 2.42. The number of aliphatic hydroxyl groups excluding tert-OH is 1. The van der Waals surface area contributed by atoms with Crippen molar-refractivity contribution in [1.82, 2.24) is 10.2 Å². The van der Waals surface area contributed by atoms with Gasteiger partial charge in [0.15, 0.2) is 0 Å². The van der Waals surface area contributed by atoms with Gasteiger partial charge < -0.3 is 15.2 Å². The second-order valence-corrected chi connectivity index (χ2v) is 6.60. The van der Waals surface area contributed by atoms with Crippen LogP contribution in [0.2, 0.25) is 0 Å². The van der Waals surface area contributed by atoms with Crippen molar-refractivity contribution >= 4 is 5.91 Å². The van der Waals surface area contributed by atoms with Crippen LogP contribution >= 0.6 is 0 Å². The maximum Gasteiger partial charge on any atom is 0.237 e. The predicted molar refractivity (Wildman–Crippen MR) is 83.6 cm³/mol. The minimum atomic E-state index is -0.563. The first-order valence-electron chi connectivity index (χ1n) is 7.79. The molecule has 1 aliphatic carbocycles. The van der Waals surface area contributed by atoms with E-state index >= 15 is 0 Å². The third-order valence-electron chi connectivity index (χ3n) is 5.01. The molecule has 1 saturated heterocycles. The van der Waals surface area contributed by atoms with Crippen LogP contribution in [0.25, 0.3) is 0 Å². The molecule has 0 bridgehead atoms. The summed E-state index contributed by atoms with van der Waals surface area (Å²) in [6.45, 7) is 0.721. The summed E-state index contributed by atoms with van der Waals surface area (Å²) in [5.41, 5.74) is 1.87. The number of likely N-dealkylation sites (N-methyl/N-ethyl adjacent to an activating group) is 1. The number of ether oxygens (including phenoxy) is 1. The lowest BCUT2D eigenvalue weighted by molar-refractivity contribution is -0.127. The van der Waals surface area contributed by atoms with E-state index in [4.69, 9.17) is 4.74 Å². The number of rotatable bonds is 4. The molecule has 0 radical (unpaired) electrons. The molecule has 1 aromatic carbocycles. The number of amides is 1. The molecule has 1 aliphatic heterocycles. The number of nitrogens with zero attached hydrogens (tertiary/aromatic N) is 1. The number of benzene rings is 1. The molecule has 0 unspecified atom stereocenters. The van der Waals surface area contributed by atoms with Gasteiger partial charge in [-0.3, -0.25) is 9.69 Å². The summed E-state index contributed by atoms with van der Waals surface area (Å²) in [7, 11) is 3.62. The normalized spacial score (nSPS) is 26.9. The van der Waals surface area contributed by atoms with E-state index in [0.717, 1.165) is 6.54 Å². The Morgan fingerprint density at radius 3 is 2.55 bits per heavy atom. The van der Waals surface area contributed by atoms with Gasteiger partial charge in [0, 0.05) is 13.7 Å². The number of fused-ring (bicyclic) bond motifs is 1. The van der Waals surface area contributed by atoms with Gasteiger partial charge in [0.1, 0.15) is 0 Å². The number of methoxy groups -OCH3 is 1. The zero-order chi connectivity index (χ0) is 15.7. The minimum absolute atomic E-state index is 0.0103. The lowest BCUT2D eigenvalue weighted by atomic mass is 9.96. The van der Waals surface area contributed by atoms with E-state index in [1.165, 1.54) is 11.1 Å². The Morgan fingerprint density at radius 1 is 1.41 bits per heavy atom. The third-order valence-corrected chi connectivity index (χ3v) is 5.01. The fraction of sp³-hybridized carbons (Fsp3) is 0.588. The van der Waals surface area contributed by atoms with E-state index in [2.05, 4.69) is 17.4 Å². The van der Waals surface area contributed by atoms with Gasteiger partial charge in [-0.2, -0.15) is 0 Å². The highest BCUT2D eigenvalue weighted by atomic mass is 16.5. The molecule has 120 valence electrons. The van der Waals surface area contributed by atoms with E-state index in [1.54, 1.807) is 7.11 Å². The third kappa shape index (κ3) is 2.76. The first-order chi connectivity index (χ1) is 10.6. The number of aliphatic hydroxyl groups is 1. The molecule has 5 heteroatoms. The summed E-state index contributed by atoms with van der Waals surface area (Å²) in [4.78, 5) is 14.7. The second kappa shape index (κ2) is 5.99. The number of hydrogen-bond acceptors (Lipinski definition) is 4. The van der Waals surface area contributed by atoms with Crippen molar-refractivity contribution in [1.29, 1.82) is 0 Å². The minimum Gasteiger partial charge on any atom is -0.394 e. The Morgan fingerprint density at radius 2 is 2.05 bits per heavy atom. The van der Waals surface area contributed by atoms with Gasteiger partial charge in [0.25, 0.3) is 0 Å². The van der Waals surface area contributed by atoms with Crippen molar-refractivity contribution in [3.05, 3.63) is 35.4 Å². The van der Waals surface area contributed by atoms with Crippen LogP contribution in [0.15, 0.2) is 24.3 Å². The highest BCUT2D eigenvalue weighted by Crippen LogP contribution is 2.30. The summed E-state index contributed by atoms with van der Waals surface area (Å²) < 4.78 is 5.36. The molecule has 5 nitrogen and oxygen atoms in total. The quantitative estimate of drug-likeness (QED) is 0.843. The highest BCUT2D eigenvalue weighted by molar-refractivity contribution is 5.83. The molecule has 0 aromatic heterocycles. The molecular formula is C17H24N2O3. The van der Waals surface area contributed by atoms with Gasteiger partial charge in [0.05, 0.1) is 24.3 Å². The van der Waals surface area contributed by atoms with E-state index in [-0.39, 0.29) is 24.7 Å². The summed E-state index contributed by atoms with van der Waals surface area (Å²) >= 11 is 0. The topological polar surface area (TPSA) is 61.8 Å². The smallest absolute Gasteiger partial charge is 0.237 e. The monoisotopic (exact) mass is 304 g/mol. The van der Waals surface area contributed by atoms with Crippen LogP contribution < -0.4 is 5.32 Å². The van der Waals surface area contributed by atoms with Crippen LogP contribution in [0.3, 0.4) is 0 Å². The van der Waals surface area contributed by atoms with Crippen LogP contribution in [-0.2, 0) is 22.4 Å². The fourth-order valence-corrected chi connectivity index (χ4v) is 3.71. The Labute approximate surface area is 131 Å². The first-order valence-corrected chi connectivity index (χ1v) is 7.79. The Kier molecular flexibility index (Phi) is 4.21. The molecule has 0 saturated carbocycles. The van der Waals surface area contributed by atoms with Crippen LogP contribution in [0.4, 0.5) is 0 Å². The van der Waals surface area contributed by atoms with Gasteiger partial charge in [-0.1, -0.05) is 24.3 Å². The van der Waals surface area contributed by atoms with E-state index in [9.17, 15) is 9.90 Å². The Hall–Kier alpha value is -1.43. The standard InChI is InChI=1S/C17H24N2O3/c1-19-10-14(22-2)7-15(19)16(21)18-17(11-20)8-12-5-3-4-6-13(12)9-17/h3-6,14-15,20H,7-11H2,1-2H3,(H,18,21)/t14-,15-/m0/s1. The van der Waals surface area contributed by atoms with E-state index in [1.807, 2.05) is 24.1 Å². The van der Waals surface area contributed by atoms with E-state index < -0.39 is 5.54 Å². The lowest BCUT2D eigenvalue weighted by Crippen LogP contribution is -2.56. The summed E-state index contributed by atoms with van der Waals surface area (Å²) in [5, 5.41) is 13.0. The molecule has 1 fully saturated rings. The van der Waals surface area contributed by atoms with Gasteiger partial charge in [-0.25, -0.2) is 0 Å². The van der Waals surface area contributed by atoms with Crippen molar-refractivity contribution < 1.29 is 14.6 Å². The summed E-state index contributed by atoms with van der Waals surface area (Å²) in [5.74, 6) is -0.0103. The number of carbonyl (C=O) groups is 1. The number of carbonyl (C=O) groups excluding carboxylic acids is 1. The number of hydrogen-bond donors (Lipinski definition) is 2. The average Bonchev–Trinajstić information content (AvgIpc) is 3.07. The Balaban J connectivity index is 1.71. The molecule has 1 amide bonds. The molecule has 2 atom stereocenters. The summed E-state index contributed by atoms with van der Waals surface area (Å²) in [6, 6.07) is 7.96. The van der Waals surface area contributed by atoms with Crippen LogP contribution in [0, 0.1) is 0 Å². The van der Waals surface area contributed by atoms with Crippen molar-refractivity contribution in [3.8, 4) is 0 Å². The van der Waals surface area contributed by atoms with Crippen molar-refractivity contribution in [2.24, 2.45) is 0 Å². The lowest BCUT2D eigenvalue weighted by Gasteiger charge is -2.31. The average molecular weight is 304 g/mol. The predicted octanol–water partition coefficient (Wildman–Crippen LogP) is 0.352. The molecule has 1 heterocycles. The molecule has 22 heavy (non-hydrogen) atoms. The fourth-order valence-electron chi connectivity index (χ4n) is 3.71. The molecule has 1 aromatic rings. The molecular weight excluding hydrogens is 280 g/mol. The maximum absolute atomic E-state index is 12.7. The van der Waals surface area contributed by atoms with Crippen molar-refractivity contribution in [2.75, 3.05) is 27.3 Å². The van der Waals surface area contributed by atoms with Gasteiger partial charge in [-0.05, 0) is 37.4 Å². The van der Waals surface area contributed by atoms with Gasteiger partial charge >= 0.3 is 0 Å². The summed E-state index contributed by atoms with van der Waals surface area (Å²) in [6.07, 6.45) is 2.19. The van der Waals surface area contributed by atoms with Crippen molar-refractivity contribution in [2.45, 2.75) is 36.9 Å². The number of likely N-dealkylation sites (tertiary alicyclic amines) is 1. The second-order valence-electron chi connectivity index (χ2n) is 6.60. The largest absolute Gasteiger partial charge is 0.394 e.